The highest BCUT2D eigenvalue weighted by Gasteiger charge is 2.32. The number of nitrogens with one attached hydrogen (secondary N) is 1. The second-order valence-corrected chi connectivity index (χ2v) is 39.8. The first kappa shape index (κ1) is 66.0. The van der Waals surface area contributed by atoms with Crippen LogP contribution in [0.2, 0.25) is 0 Å². The third-order valence-electron chi connectivity index (χ3n) is 15.9. The van der Waals surface area contributed by atoms with Gasteiger partial charge >= 0.3 is 17.6 Å². The molecule has 9 aromatic rings. The standard InChI is InChI=1S/C16H24O3.C14H21NO3.2C14H23NO.C14H22O.C10H7NO3.C10H14O.C6H6O.C4H9Cl.C4H10O.C2H3ClO2.CH4/c1-15(2,3)11-8-9-13(19-14(17)18-7)12(10-11)16(4,5)6;1-13(2,3)9-7-10(14(4,5)6)12(16)8-11(9)15(17)18;2*1-13(2,3)9-7-10(14(4,5)6)12(16)8-11(9)15;1-13(2,3)10-7-8-12(15)11(9-10)14(4,5)6;12-9-6-3-1-2-4-8(6)11-5-7(9)10(13)14;1-10(2,3)8-4-6-9(11)7-5-8;7-6-4-2-1-3-5-6;2*1-4(2,3)5;1-5-2(3)4;/h8-10H,1-7H3;7-8,16H,1-6H3;2*7-8,16H,15H2,1-6H3;7-9,15H,1-6H3;1-5H,(H,11,12)(H,13,14);4-7,11H,1-3H3;1-5,7H;1-3H3;5H,1-3H3;1H3;1H4/i1D3,8D,9D,10D;2*1D3,7D,8D;1D3,7D;1D3,7D,8D,9D;;1D3,4D,5D,6D,7D;1D,2D,3D,4D,5D;1D3,2D3;;;/hD. The van der Waals surface area contributed by atoms with Gasteiger partial charge in [0, 0.05) is 107 Å². The van der Waals surface area contributed by atoms with E-state index in [1.54, 1.807) is 142 Å². The minimum atomic E-state index is -2.67. The fraction of sp³-hybridized carbons (Fsp3) is 0.505. The van der Waals surface area contributed by atoms with Gasteiger partial charge in [-0.3, -0.25) is 14.9 Å². The molecule has 0 fully saturated rings. The molecule has 8 aromatic carbocycles. The molecule has 13 N–H and O–H groups in total. The quantitative estimate of drug-likeness (QED) is 0.0148. The van der Waals surface area contributed by atoms with E-state index in [0.717, 1.165) is 14.0 Å². The second-order valence-electron chi connectivity index (χ2n) is 38.7. The summed E-state index contributed by atoms with van der Waals surface area (Å²) in [6, 6.07) is -0.287. The van der Waals surface area contributed by atoms with Crippen LogP contribution in [0, 0.1) is 10.1 Å². The third-order valence-corrected chi connectivity index (χ3v) is 16.1. The Bertz CT molecular complexity index is 7280. The van der Waals surface area contributed by atoms with Gasteiger partial charge < -0.3 is 71.5 Å². The maximum Gasteiger partial charge on any atom is 0.513 e. The van der Waals surface area contributed by atoms with Crippen LogP contribution in [0.15, 0.2) is 162 Å². The lowest BCUT2D eigenvalue weighted by Gasteiger charge is -2.27. The number of nitrogen functional groups attached to an aromatic ring is 2. The van der Waals surface area contributed by atoms with E-state index in [2.05, 4.69) is 31.2 Å². The van der Waals surface area contributed by atoms with Gasteiger partial charge in [0.2, 0.25) is 5.43 Å². The first-order valence-corrected chi connectivity index (χ1v) is 40.8. The first-order valence-electron chi connectivity index (χ1n) is 62.4. The van der Waals surface area contributed by atoms with Gasteiger partial charge in [-0.25, -0.2) is 14.4 Å². The number of benzene rings is 8. The average molecular weight is 1920 g/mol. The monoisotopic (exact) mass is 1920 g/mol. The zero-order valence-corrected chi connectivity index (χ0v) is 82.5. The molecule has 23 heteroatoms. The van der Waals surface area contributed by atoms with E-state index in [1.165, 1.54) is 88.6 Å². The van der Waals surface area contributed by atoms with Gasteiger partial charge in [-0.15, -0.1) is 11.6 Å². The molecular weight excluding hydrogens is 1710 g/mol. The molecule has 738 valence electrons. The minimum Gasteiger partial charge on any atom is -0.508 e. The molecule has 0 atom stereocenters. The Morgan fingerprint density at radius 2 is 0.826 bits per heavy atom. The van der Waals surface area contributed by atoms with Gasteiger partial charge in [-0.1, -0.05) is 302 Å². The van der Waals surface area contributed by atoms with E-state index in [0.29, 0.717) is 16.5 Å². The van der Waals surface area contributed by atoms with Crippen molar-refractivity contribution < 1.29 is 135 Å². The van der Waals surface area contributed by atoms with Crippen molar-refractivity contribution in [3.8, 4) is 40.2 Å². The van der Waals surface area contributed by atoms with Crippen LogP contribution in [-0.4, -0.2) is 94.4 Å². The van der Waals surface area contributed by atoms with Gasteiger partial charge in [-0.2, -0.15) is 0 Å². The number of nitrogens with zero attached hydrogens (tertiary/aromatic N) is 1. The Labute approximate surface area is 865 Å². The Kier molecular flexibility index (Phi) is 25.3. The molecule has 9 rings (SSSR count). The Morgan fingerprint density at radius 1 is 0.455 bits per heavy atom. The molecule has 0 aliphatic carbocycles. The number of alkyl halides is 1. The van der Waals surface area contributed by atoms with E-state index < -0.39 is 272 Å². The predicted molar refractivity (Wildman–Crippen MR) is 553 cm³/mol. The van der Waals surface area contributed by atoms with Crippen LogP contribution in [0.25, 0.3) is 10.9 Å². The molecule has 21 nitrogen and oxygen atoms in total. The molecule has 1 heterocycles. The van der Waals surface area contributed by atoms with E-state index in [9.17, 15) is 54.8 Å². The summed E-state index contributed by atoms with van der Waals surface area (Å²) in [5.41, 5.74) is -1.76. The molecule has 0 unspecified atom stereocenters. The highest BCUT2D eigenvalue weighted by atomic mass is 35.5. The topological polar surface area (TPSA) is 369 Å². The van der Waals surface area contributed by atoms with Crippen LogP contribution < -0.4 is 21.6 Å². The van der Waals surface area contributed by atoms with E-state index in [1.807, 2.05) is 20.8 Å². The number of carboxylic acid groups (broad SMARTS) is 1. The number of carbonyl (C=O) groups excluding carboxylic acids is 2. The number of fused-ring (bicyclic) bond motifs is 1. The number of nitro benzene ring substituents is 1. The number of aromatic amines is 1. The molecule has 0 saturated carbocycles. The van der Waals surface area contributed by atoms with Crippen molar-refractivity contribution >= 4 is 68.7 Å². The van der Waals surface area contributed by atoms with Gasteiger partial charge in [0.05, 0.1) is 58.2 Å². The first-order chi connectivity index (χ1) is 77.5. The number of para-hydroxylation sites is 2. The summed E-state index contributed by atoms with van der Waals surface area (Å²) in [6.07, 6.45) is 0.146. The predicted octanol–water partition coefficient (Wildman–Crippen LogP) is 29.2. The number of nitrogens with two attached hydrogens (primary N) is 2. The number of carbonyl (C=O) groups is 3. The van der Waals surface area contributed by atoms with Crippen molar-refractivity contribution in [2.45, 2.75) is 347 Å². The summed E-state index contributed by atoms with van der Waals surface area (Å²) < 4.78 is 355. The second kappa shape index (κ2) is 50.6. The van der Waals surface area contributed by atoms with Crippen LogP contribution in [0.4, 0.5) is 26.7 Å². The zero-order valence-electron chi connectivity index (χ0n) is 126. The number of hydrogen-bond acceptors (Lipinski definition) is 18. The van der Waals surface area contributed by atoms with E-state index in [-0.39, 0.29) is 127 Å². The lowest BCUT2D eigenvalue weighted by Crippen LogP contribution is -2.19. The lowest BCUT2D eigenvalue weighted by molar-refractivity contribution is -0.386. The van der Waals surface area contributed by atoms with Crippen molar-refractivity contribution in [1.29, 1.82) is 1.43 Å². The lowest BCUT2D eigenvalue weighted by atomic mass is 9.79. The Balaban J connectivity index is -0.00000192. The summed E-state index contributed by atoms with van der Waals surface area (Å²) in [4.78, 5) is 54.2. The van der Waals surface area contributed by atoms with E-state index in [4.69, 9.17) is 99.8 Å². The summed E-state index contributed by atoms with van der Waals surface area (Å²) in [7, 11) is 2.33. The zero-order chi connectivity index (χ0) is 142. The van der Waals surface area contributed by atoms with Crippen molar-refractivity contribution in [3.63, 3.8) is 0 Å². The third kappa shape index (κ3) is 47.7. The molecule has 0 saturated heterocycles. The van der Waals surface area contributed by atoms with Crippen LogP contribution in [0.1, 0.15) is 409 Å². The number of phenolic OH excluding ortho intramolecular Hbond substituents is 6. The highest BCUT2D eigenvalue weighted by Crippen LogP contribution is 2.44. The number of H-pyrrole nitrogens is 1. The molecule has 0 aliphatic rings. The maximum absolute atomic E-state index is 11.6. The number of hydrogen-bond donors (Lipinski definition) is 11. The van der Waals surface area contributed by atoms with E-state index >= 15 is 0 Å². The van der Waals surface area contributed by atoms with Gasteiger partial charge in [-0.05, 0) is 212 Å². The highest BCUT2D eigenvalue weighted by molar-refractivity contribution is 6.61. The summed E-state index contributed by atoms with van der Waals surface area (Å²) >= 11 is 9.96. The van der Waals surface area contributed by atoms with Crippen molar-refractivity contribution in [2.24, 2.45) is 0 Å². The largest absolute Gasteiger partial charge is 0.513 e. The SMILES string of the molecule is C.CC(C)(C)O.COC(=O)Cl.O=C(O)c1c[nH]c2ccccc2c1=O.[2H]C([2H])([2H])C(C)(Cl)C([2H])([2H])[2H].[2H]Oc1c([2H])c([2H])c([2H])c([2H])c1[2H].[2H]c1c(C(C)(C)C)c(O)cc(N)c1C(C)(C)C([2H])([2H])[2H].[2H]c1c(N)c(C(C)(C)C([2H])([2H])[2H])c([2H])c(C(C)(C)C)c1O.[2H]c1c(O)c(C(C)(C)C)c([2H])c(C(C)(C)C([2H])([2H])[2H])c1[N+](=O)[O-].[2H]c1c([2H])c(C(C)(C)C([2H])([2H])[2H])c([2H])c(C(C)(C)C)c1O.[2H]c1c([2H])c(C(C)(C)C([2H])([2H])[2H])c([2H])c(C(C)(C)C)c1OC(=O)OC.[2H]c1c([2H])c(C(C)(C)C([2H])([2H])[2H])c([2H])c([2H])c1O. The number of carboxylic acids is 1. The molecule has 0 amide bonds. The number of phenols is 6. The number of rotatable bonds is 4. The molecule has 0 bridgehead atoms. The van der Waals surface area contributed by atoms with Crippen LogP contribution in [-0.2, 0) is 69.0 Å². The molecule has 0 spiro atoms. The number of aromatic carboxylic acids is 1. The van der Waals surface area contributed by atoms with Crippen molar-refractivity contribution in [2.75, 3.05) is 25.7 Å². The smallest absolute Gasteiger partial charge is 0.508 e. The summed E-state index contributed by atoms with van der Waals surface area (Å²) in [6.45, 7) is 29.8. The van der Waals surface area contributed by atoms with Crippen molar-refractivity contribution in [1.82, 2.24) is 4.98 Å². The number of aromatic hydroxyl groups is 6. The van der Waals surface area contributed by atoms with Gasteiger partial charge in [0.1, 0.15) is 45.8 Å². The average Bonchev–Trinajstić information content (AvgIpc) is 0.733. The number of halogens is 2. The number of nitro groups is 1. The Morgan fingerprint density at radius 3 is 1.21 bits per heavy atom. The number of ether oxygens (including phenoxy) is 3. The molecule has 0 radical (unpaired) electrons. The fourth-order valence-corrected chi connectivity index (χ4v) is 9.67. The summed E-state index contributed by atoms with van der Waals surface area (Å²) in [5.74, 6) is -4.17. The van der Waals surface area contributed by atoms with Gasteiger partial charge in [0.15, 0.2) is 0 Å². The minimum absolute atomic E-state index is 0. The van der Waals surface area contributed by atoms with Crippen LogP contribution >= 0.6 is 23.2 Å². The van der Waals surface area contributed by atoms with Crippen LogP contribution in [0.3, 0.4) is 0 Å². The number of anilines is 2. The molecule has 1 aromatic heterocycles. The molecule has 132 heavy (non-hydrogen) atoms. The summed E-state index contributed by atoms with van der Waals surface area (Å²) in [5, 5.41) is 82.9. The number of aromatic nitrogens is 1. The molecule has 0 aliphatic heterocycles. The number of aliphatic hydroxyl groups is 1. The maximum atomic E-state index is 11.6. The molecular formula is C109H166Cl2N4O17. The number of pyridine rings is 1. The fourth-order valence-electron chi connectivity index (χ4n) is 9.67. The van der Waals surface area contributed by atoms with Crippen molar-refractivity contribution in [3.05, 3.63) is 244 Å². The van der Waals surface area contributed by atoms with Gasteiger partial charge in [0.25, 0.3) is 7.12 Å². The Hall–Kier alpha value is -10.5. The van der Waals surface area contributed by atoms with Crippen LogP contribution in [0.5, 0.6) is 40.2 Å². The number of methoxy groups -OCH3 is 2. The normalized spacial score (nSPS) is 17.4.